The Labute approximate surface area is 169 Å². The molecule has 9 heteroatoms. The zero-order valence-electron chi connectivity index (χ0n) is 15.3. The summed E-state index contributed by atoms with van der Waals surface area (Å²) < 4.78 is 30.8. The molecule has 0 aliphatic heterocycles. The van der Waals surface area contributed by atoms with E-state index >= 15 is 0 Å². The van der Waals surface area contributed by atoms with Crippen LogP contribution in [-0.2, 0) is 14.8 Å². The number of nitrogens with zero attached hydrogens (tertiary/aromatic N) is 1. The summed E-state index contributed by atoms with van der Waals surface area (Å²) >= 11 is 12.2. The Morgan fingerprint density at radius 2 is 1.85 bits per heavy atom. The lowest BCUT2D eigenvalue weighted by Crippen LogP contribution is -2.45. The van der Waals surface area contributed by atoms with Gasteiger partial charge in [0.2, 0.25) is 15.9 Å². The number of methoxy groups -OCH3 is 1. The fourth-order valence-corrected chi connectivity index (χ4v) is 4.17. The molecule has 0 spiro atoms. The number of ether oxygens (including phenoxy) is 1. The van der Waals surface area contributed by atoms with Crippen molar-refractivity contribution >= 4 is 50.5 Å². The molecule has 0 saturated carbocycles. The third-order valence-corrected chi connectivity index (χ3v) is 5.95. The number of carbonyl (C=O) groups excluding carboxylic acids is 1. The van der Waals surface area contributed by atoms with Crippen LogP contribution in [0.25, 0.3) is 0 Å². The average molecular weight is 431 g/mol. The first kappa shape index (κ1) is 21.3. The Balaban J connectivity index is 2.38. The van der Waals surface area contributed by atoms with Crippen molar-refractivity contribution in [1.82, 2.24) is 0 Å². The normalized spacial score (nSPS) is 12.4. The highest BCUT2D eigenvalue weighted by atomic mass is 35.5. The lowest BCUT2D eigenvalue weighted by Gasteiger charge is -2.28. The quantitative estimate of drug-likeness (QED) is 0.747. The number of hydrogen-bond donors (Lipinski definition) is 1. The van der Waals surface area contributed by atoms with E-state index in [1.807, 2.05) is 0 Å². The number of sulfonamides is 1. The van der Waals surface area contributed by atoms with Crippen molar-refractivity contribution in [3.63, 3.8) is 0 Å². The van der Waals surface area contributed by atoms with Gasteiger partial charge in [-0.1, -0.05) is 29.3 Å². The van der Waals surface area contributed by atoms with Crippen molar-refractivity contribution in [3.05, 3.63) is 52.0 Å². The highest BCUT2D eigenvalue weighted by Gasteiger charge is 2.30. The van der Waals surface area contributed by atoms with Gasteiger partial charge in [-0.3, -0.25) is 9.10 Å². The molecule has 0 unspecified atom stereocenters. The molecule has 2 rings (SSSR count). The number of carbonyl (C=O) groups is 1. The largest absolute Gasteiger partial charge is 0.495 e. The van der Waals surface area contributed by atoms with Crippen molar-refractivity contribution in [3.8, 4) is 5.75 Å². The molecule has 27 heavy (non-hydrogen) atoms. The maximum Gasteiger partial charge on any atom is 0.248 e. The molecule has 0 aromatic heterocycles. The third kappa shape index (κ3) is 4.86. The number of halogens is 2. The van der Waals surface area contributed by atoms with Crippen molar-refractivity contribution in [1.29, 1.82) is 0 Å². The minimum Gasteiger partial charge on any atom is -0.495 e. The molecule has 0 saturated heterocycles. The van der Waals surface area contributed by atoms with Crippen LogP contribution in [0.3, 0.4) is 0 Å². The molecular weight excluding hydrogens is 411 g/mol. The molecule has 1 amide bonds. The summed E-state index contributed by atoms with van der Waals surface area (Å²) in [7, 11) is -2.31. The summed E-state index contributed by atoms with van der Waals surface area (Å²) in [6.45, 7) is 3.26. The van der Waals surface area contributed by atoms with Crippen LogP contribution in [0.5, 0.6) is 5.75 Å². The predicted octanol–water partition coefficient (Wildman–Crippen LogP) is 4.10. The number of hydrogen-bond acceptors (Lipinski definition) is 4. The molecule has 2 aromatic rings. The van der Waals surface area contributed by atoms with E-state index in [0.717, 1.165) is 10.6 Å². The van der Waals surface area contributed by atoms with Crippen LogP contribution >= 0.6 is 23.2 Å². The van der Waals surface area contributed by atoms with E-state index in [1.165, 1.54) is 26.2 Å². The molecule has 0 heterocycles. The second kappa shape index (κ2) is 8.37. The molecule has 1 atom stereocenters. The van der Waals surface area contributed by atoms with Gasteiger partial charge in [-0.05, 0) is 49.7 Å². The first-order valence-electron chi connectivity index (χ1n) is 7.95. The second-order valence-electron chi connectivity index (χ2n) is 5.96. The molecule has 0 fully saturated rings. The number of rotatable bonds is 6. The van der Waals surface area contributed by atoms with Gasteiger partial charge in [-0.15, -0.1) is 0 Å². The van der Waals surface area contributed by atoms with E-state index in [-0.39, 0.29) is 10.7 Å². The summed E-state index contributed by atoms with van der Waals surface area (Å²) in [4.78, 5) is 12.7. The molecule has 0 aliphatic carbocycles. The molecule has 0 aliphatic rings. The summed E-state index contributed by atoms with van der Waals surface area (Å²) in [6, 6.07) is 8.59. The molecule has 2 aromatic carbocycles. The van der Waals surface area contributed by atoms with Gasteiger partial charge in [-0.25, -0.2) is 8.42 Å². The lowest BCUT2D eigenvalue weighted by molar-refractivity contribution is -0.116. The minimum absolute atomic E-state index is 0.238. The predicted molar refractivity (Wildman–Crippen MR) is 110 cm³/mol. The number of amides is 1. The summed E-state index contributed by atoms with van der Waals surface area (Å²) in [6.07, 6.45) is 1.03. The number of benzene rings is 2. The molecule has 0 radical (unpaired) electrons. The van der Waals surface area contributed by atoms with Crippen LogP contribution in [0.4, 0.5) is 11.4 Å². The van der Waals surface area contributed by atoms with Crippen molar-refractivity contribution < 1.29 is 17.9 Å². The van der Waals surface area contributed by atoms with Crippen LogP contribution < -0.4 is 14.4 Å². The SMILES string of the molecule is COc1ccc(N([C@@H](C)C(=O)Nc2cccc(Cl)c2C)S(C)(=O)=O)cc1Cl. The fraction of sp³-hybridized carbons (Fsp3) is 0.278. The lowest BCUT2D eigenvalue weighted by atomic mass is 10.2. The van der Waals surface area contributed by atoms with Gasteiger partial charge in [0, 0.05) is 10.7 Å². The van der Waals surface area contributed by atoms with E-state index in [4.69, 9.17) is 27.9 Å². The van der Waals surface area contributed by atoms with E-state index in [1.54, 1.807) is 31.2 Å². The van der Waals surface area contributed by atoms with Gasteiger partial charge in [0.1, 0.15) is 11.8 Å². The Hall–Kier alpha value is -1.96. The standard InChI is InChI=1S/C18H20Cl2N2O4S/c1-11-14(19)6-5-7-16(11)21-18(23)12(2)22(27(4,24)25)13-8-9-17(26-3)15(20)10-13/h5-10,12H,1-4H3,(H,21,23)/t12-/m0/s1. The van der Waals surface area contributed by atoms with E-state index in [2.05, 4.69) is 5.32 Å². The Morgan fingerprint density at radius 3 is 2.41 bits per heavy atom. The second-order valence-corrected chi connectivity index (χ2v) is 8.63. The zero-order chi connectivity index (χ0) is 20.4. The maximum absolute atomic E-state index is 12.7. The van der Waals surface area contributed by atoms with E-state index < -0.39 is 22.0 Å². The highest BCUT2D eigenvalue weighted by molar-refractivity contribution is 7.92. The van der Waals surface area contributed by atoms with Gasteiger partial charge >= 0.3 is 0 Å². The minimum atomic E-state index is -3.76. The summed E-state index contributed by atoms with van der Waals surface area (Å²) in [5.41, 5.74) is 1.47. The monoisotopic (exact) mass is 430 g/mol. The fourth-order valence-electron chi connectivity index (χ4n) is 2.58. The van der Waals surface area contributed by atoms with E-state index in [0.29, 0.717) is 22.0 Å². The molecule has 1 N–H and O–H groups in total. The van der Waals surface area contributed by atoms with E-state index in [9.17, 15) is 13.2 Å². The zero-order valence-corrected chi connectivity index (χ0v) is 17.6. The molecular formula is C18H20Cl2N2O4S. The number of anilines is 2. The molecule has 146 valence electrons. The molecule has 0 bridgehead atoms. The molecule has 6 nitrogen and oxygen atoms in total. The first-order valence-corrected chi connectivity index (χ1v) is 10.6. The van der Waals surface area contributed by atoms with Crippen molar-refractivity contribution in [2.24, 2.45) is 0 Å². The number of nitrogens with one attached hydrogen (secondary N) is 1. The van der Waals surface area contributed by atoms with Crippen LogP contribution in [-0.4, -0.2) is 33.7 Å². The summed E-state index contributed by atoms with van der Waals surface area (Å²) in [5, 5.41) is 3.46. The van der Waals surface area contributed by atoms with Crippen LogP contribution in [0.1, 0.15) is 12.5 Å². The van der Waals surface area contributed by atoms with Gasteiger partial charge in [0.25, 0.3) is 0 Å². The maximum atomic E-state index is 12.7. The smallest absolute Gasteiger partial charge is 0.248 e. The van der Waals surface area contributed by atoms with Crippen molar-refractivity contribution in [2.45, 2.75) is 19.9 Å². The highest BCUT2D eigenvalue weighted by Crippen LogP contribution is 2.31. The van der Waals surface area contributed by atoms with Gasteiger partial charge < -0.3 is 10.1 Å². The van der Waals surface area contributed by atoms with Crippen molar-refractivity contribution in [2.75, 3.05) is 23.0 Å². The van der Waals surface area contributed by atoms with Crippen LogP contribution in [0, 0.1) is 6.92 Å². The Kier molecular flexibility index (Phi) is 6.62. The van der Waals surface area contributed by atoms with Crippen LogP contribution in [0.15, 0.2) is 36.4 Å². The van der Waals surface area contributed by atoms with Gasteiger partial charge in [0.05, 0.1) is 24.1 Å². The Bertz CT molecular complexity index is 964. The van der Waals surface area contributed by atoms with Gasteiger partial charge in [0.15, 0.2) is 0 Å². The summed E-state index contributed by atoms with van der Waals surface area (Å²) in [5.74, 6) is -0.0988. The van der Waals surface area contributed by atoms with Crippen LogP contribution in [0.2, 0.25) is 10.0 Å². The van der Waals surface area contributed by atoms with Gasteiger partial charge in [-0.2, -0.15) is 0 Å². The first-order chi connectivity index (χ1) is 12.6. The third-order valence-electron chi connectivity index (χ3n) is 4.00. The topological polar surface area (TPSA) is 75.7 Å². The Morgan fingerprint density at radius 1 is 1.19 bits per heavy atom. The average Bonchev–Trinajstić information content (AvgIpc) is 2.58.